The molecule has 0 atom stereocenters. The molecule has 0 fully saturated rings. The van der Waals surface area contributed by atoms with Gasteiger partial charge < -0.3 is 10.1 Å². The summed E-state index contributed by atoms with van der Waals surface area (Å²) in [5.74, 6) is -2.01. The molecule has 0 aliphatic carbocycles. The van der Waals surface area contributed by atoms with Crippen molar-refractivity contribution in [2.24, 2.45) is 0 Å². The number of carbonyl (C=O) groups is 2. The molecule has 1 aromatic carbocycles. The largest absolute Gasteiger partial charge is 0.461 e. The summed E-state index contributed by atoms with van der Waals surface area (Å²) in [5.41, 5.74) is 0.0807. The number of pyridine rings is 1. The van der Waals surface area contributed by atoms with E-state index in [0.717, 1.165) is 30.7 Å². The average molecular weight is 366 g/mol. The first-order valence-corrected chi connectivity index (χ1v) is 9.05. The van der Waals surface area contributed by atoms with Crippen LogP contribution in [-0.2, 0) is 14.6 Å². The van der Waals surface area contributed by atoms with Crippen LogP contribution >= 0.6 is 0 Å². The molecule has 0 unspecified atom stereocenters. The lowest BCUT2D eigenvalue weighted by molar-refractivity contribution is 0.0519. The number of hydrogen-bond acceptors (Lipinski definition) is 6. The zero-order valence-electron chi connectivity index (χ0n) is 13.4. The number of amides is 1. The number of esters is 1. The molecule has 2 rings (SSSR count). The zero-order chi connectivity index (χ0) is 18.6. The molecule has 0 saturated heterocycles. The Balaban J connectivity index is 2.25. The monoisotopic (exact) mass is 366 g/mol. The van der Waals surface area contributed by atoms with Crippen molar-refractivity contribution in [1.29, 1.82) is 0 Å². The van der Waals surface area contributed by atoms with Crippen molar-refractivity contribution in [1.82, 2.24) is 4.98 Å². The second-order valence-electron chi connectivity index (χ2n) is 5.02. The molecule has 0 spiro atoms. The van der Waals surface area contributed by atoms with Gasteiger partial charge in [0.2, 0.25) is 0 Å². The fraction of sp³-hybridized carbons (Fsp3) is 0.188. The summed E-state index contributed by atoms with van der Waals surface area (Å²) in [5, 5.41) is 2.39. The number of sulfone groups is 1. The van der Waals surface area contributed by atoms with E-state index >= 15 is 0 Å². The lowest BCUT2D eigenvalue weighted by Gasteiger charge is -2.10. The fourth-order valence-electron chi connectivity index (χ4n) is 1.95. The molecule has 25 heavy (non-hydrogen) atoms. The van der Waals surface area contributed by atoms with Crippen molar-refractivity contribution in [2.75, 3.05) is 18.2 Å². The quantitative estimate of drug-likeness (QED) is 0.813. The van der Waals surface area contributed by atoms with Gasteiger partial charge in [0.25, 0.3) is 5.91 Å². The smallest absolute Gasteiger partial charge is 0.356 e. The van der Waals surface area contributed by atoms with Crippen LogP contribution < -0.4 is 5.32 Å². The zero-order valence-corrected chi connectivity index (χ0v) is 14.3. The first-order valence-electron chi connectivity index (χ1n) is 7.16. The Morgan fingerprint density at radius 2 is 1.96 bits per heavy atom. The summed E-state index contributed by atoms with van der Waals surface area (Å²) in [6.07, 6.45) is 2.07. The van der Waals surface area contributed by atoms with E-state index in [1.54, 1.807) is 6.92 Å². The standard InChI is InChI=1S/C16H15FN2O5S/c1-3-24-16(21)13-6-4-10(9-18-13)15(20)19-12-7-5-11(17)8-14(12)25(2,22)23/h4-9H,3H2,1-2H3,(H,19,20). The molecule has 7 nitrogen and oxygen atoms in total. The van der Waals surface area contributed by atoms with Crippen LogP contribution in [-0.4, -0.2) is 38.1 Å². The van der Waals surface area contributed by atoms with E-state index in [-0.39, 0.29) is 28.4 Å². The Kier molecular flexibility index (Phi) is 5.48. The highest BCUT2D eigenvalue weighted by molar-refractivity contribution is 7.90. The van der Waals surface area contributed by atoms with Crippen molar-refractivity contribution >= 4 is 27.4 Å². The number of rotatable bonds is 5. The normalized spacial score (nSPS) is 11.0. The van der Waals surface area contributed by atoms with Crippen molar-refractivity contribution in [3.63, 3.8) is 0 Å². The van der Waals surface area contributed by atoms with Crippen LogP contribution in [0, 0.1) is 5.82 Å². The minimum Gasteiger partial charge on any atom is -0.461 e. The summed E-state index contributed by atoms with van der Waals surface area (Å²) >= 11 is 0. The van der Waals surface area contributed by atoms with Crippen LogP contribution in [0.15, 0.2) is 41.4 Å². The summed E-state index contributed by atoms with van der Waals surface area (Å²) in [6, 6.07) is 5.68. The van der Waals surface area contributed by atoms with E-state index in [1.165, 1.54) is 12.1 Å². The van der Waals surface area contributed by atoms with Gasteiger partial charge in [-0.3, -0.25) is 4.79 Å². The number of halogens is 1. The number of carbonyl (C=O) groups excluding carboxylic acids is 2. The van der Waals surface area contributed by atoms with E-state index in [4.69, 9.17) is 4.74 Å². The van der Waals surface area contributed by atoms with E-state index in [0.29, 0.717) is 0 Å². The molecule has 1 aromatic heterocycles. The Labute approximate surface area is 143 Å². The van der Waals surface area contributed by atoms with E-state index in [1.807, 2.05) is 0 Å². The minimum atomic E-state index is -3.74. The third kappa shape index (κ3) is 4.60. The second kappa shape index (κ2) is 7.39. The Morgan fingerprint density at radius 1 is 1.24 bits per heavy atom. The highest BCUT2D eigenvalue weighted by atomic mass is 32.2. The molecule has 132 valence electrons. The first kappa shape index (κ1) is 18.5. The van der Waals surface area contributed by atoms with Crippen LogP contribution in [0.3, 0.4) is 0 Å². The van der Waals surface area contributed by atoms with Gasteiger partial charge in [-0.05, 0) is 37.3 Å². The van der Waals surface area contributed by atoms with Crippen LogP contribution in [0.2, 0.25) is 0 Å². The Bertz CT molecular complexity index is 911. The molecule has 0 radical (unpaired) electrons. The molecule has 1 heterocycles. The number of benzene rings is 1. The lowest BCUT2D eigenvalue weighted by atomic mass is 10.2. The van der Waals surface area contributed by atoms with Crippen molar-refractivity contribution < 1.29 is 27.1 Å². The van der Waals surface area contributed by atoms with Gasteiger partial charge in [-0.2, -0.15) is 0 Å². The third-order valence-electron chi connectivity index (χ3n) is 3.10. The van der Waals surface area contributed by atoms with Gasteiger partial charge in [0.1, 0.15) is 11.5 Å². The van der Waals surface area contributed by atoms with Crippen molar-refractivity contribution in [3.05, 3.63) is 53.6 Å². The summed E-state index contributed by atoms with van der Waals surface area (Å²) in [4.78, 5) is 27.2. The predicted molar refractivity (Wildman–Crippen MR) is 87.7 cm³/mol. The molecular weight excluding hydrogens is 351 g/mol. The molecule has 9 heteroatoms. The second-order valence-corrected chi connectivity index (χ2v) is 7.00. The molecule has 1 N–H and O–H groups in total. The molecule has 0 saturated carbocycles. The van der Waals surface area contributed by atoms with Gasteiger partial charge in [-0.15, -0.1) is 0 Å². The van der Waals surface area contributed by atoms with Crippen LogP contribution in [0.4, 0.5) is 10.1 Å². The summed E-state index contributed by atoms with van der Waals surface area (Å²) < 4.78 is 41.5. The highest BCUT2D eigenvalue weighted by Crippen LogP contribution is 2.23. The van der Waals surface area contributed by atoms with Gasteiger partial charge in [-0.25, -0.2) is 22.6 Å². The maximum Gasteiger partial charge on any atom is 0.356 e. The Morgan fingerprint density at radius 3 is 2.52 bits per heavy atom. The first-order chi connectivity index (χ1) is 11.7. The maximum absolute atomic E-state index is 13.3. The van der Waals surface area contributed by atoms with Crippen LogP contribution in [0.5, 0.6) is 0 Å². The van der Waals surface area contributed by atoms with Gasteiger partial charge >= 0.3 is 5.97 Å². The highest BCUT2D eigenvalue weighted by Gasteiger charge is 2.17. The number of aromatic nitrogens is 1. The molecule has 1 amide bonds. The number of ether oxygens (including phenoxy) is 1. The fourth-order valence-corrected chi connectivity index (χ4v) is 2.80. The van der Waals surface area contributed by atoms with Gasteiger partial charge in [0.15, 0.2) is 9.84 Å². The van der Waals surface area contributed by atoms with Gasteiger partial charge in [0.05, 0.1) is 22.8 Å². The SMILES string of the molecule is CCOC(=O)c1ccc(C(=O)Nc2ccc(F)cc2S(C)(=O)=O)cn1. The van der Waals surface area contributed by atoms with Crippen molar-refractivity contribution in [3.8, 4) is 0 Å². The molecule has 0 aliphatic rings. The number of nitrogens with zero attached hydrogens (tertiary/aromatic N) is 1. The molecule has 0 bridgehead atoms. The minimum absolute atomic E-state index is 0.0389. The molecule has 0 aliphatic heterocycles. The van der Waals surface area contributed by atoms with E-state index < -0.39 is 27.5 Å². The number of nitrogens with one attached hydrogen (secondary N) is 1. The maximum atomic E-state index is 13.3. The van der Waals surface area contributed by atoms with Crippen molar-refractivity contribution in [2.45, 2.75) is 11.8 Å². The number of anilines is 1. The van der Waals surface area contributed by atoms with Crippen LogP contribution in [0.25, 0.3) is 0 Å². The van der Waals surface area contributed by atoms with Gasteiger partial charge in [-0.1, -0.05) is 0 Å². The number of hydrogen-bond donors (Lipinski definition) is 1. The topological polar surface area (TPSA) is 102 Å². The van der Waals surface area contributed by atoms with E-state index in [2.05, 4.69) is 10.3 Å². The average Bonchev–Trinajstić information content (AvgIpc) is 2.56. The molecule has 2 aromatic rings. The Hall–Kier alpha value is -2.81. The van der Waals surface area contributed by atoms with Crippen LogP contribution in [0.1, 0.15) is 27.8 Å². The van der Waals surface area contributed by atoms with Gasteiger partial charge in [0, 0.05) is 12.5 Å². The lowest BCUT2D eigenvalue weighted by Crippen LogP contribution is -2.16. The predicted octanol–water partition coefficient (Wildman–Crippen LogP) is 2.05. The third-order valence-corrected chi connectivity index (χ3v) is 4.24. The van der Waals surface area contributed by atoms with E-state index in [9.17, 15) is 22.4 Å². The summed E-state index contributed by atoms with van der Waals surface area (Å²) in [6.45, 7) is 1.85. The molecular formula is C16H15FN2O5S. The summed E-state index contributed by atoms with van der Waals surface area (Å²) in [7, 11) is -3.74.